The number of carbonyl (C=O) groups is 2. The van der Waals surface area contributed by atoms with Crippen molar-refractivity contribution in [2.75, 3.05) is 6.73 Å². The maximum absolute atomic E-state index is 12.8. The minimum absolute atomic E-state index is 0.0846. The summed E-state index contributed by atoms with van der Waals surface area (Å²) in [5, 5.41) is 2.53. The SMILES string of the molecule is O=C1NC(=O)C2(CC=CC2)C(=NC2CCCCC2)N1COCc1ccccc1. The summed E-state index contributed by atoms with van der Waals surface area (Å²) in [6.45, 7) is 0.488. The van der Waals surface area contributed by atoms with Crippen molar-refractivity contribution in [2.45, 2.75) is 57.6 Å². The molecule has 3 aliphatic rings. The molecule has 3 amide bonds. The Kier molecular flexibility index (Phi) is 5.57. The van der Waals surface area contributed by atoms with Gasteiger partial charge in [-0.2, -0.15) is 0 Å². The first-order valence-electron chi connectivity index (χ1n) is 10.2. The first-order chi connectivity index (χ1) is 13.7. The molecule has 1 spiro atoms. The van der Waals surface area contributed by atoms with Crippen LogP contribution < -0.4 is 5.32 Å². The van der Waals surface area contributed by atoms with Crippen LogP contribution in [0.5, 0.6) is 0 Å². The fraction of sp³-hybridized carbons (Fsp3) is 0.500. The van der Waals surface area contributed by atoms with Crippen LogP contribution in [-0.2, 0) is 16.1 Å². The summed E-state index contributed by atoms with van der Waals surface area (Å²) in [7, 11) is 0. The van der Waals surface area contributed by atoms with E-state index in [1.165, 1.54) is 11.3 Å². The number of allylic oxidation sites excluding steroid dienone is 2. The number of rotatable bonds is 5. The fourth-order valence-electron chi connectivity index (χ4n) is 4.29. The molecule has 2 aliphatic carbocycles. The van der Waals surface area contributed by atoms with Crippen molar-refractivity contribution in [1.29, 1.82) is 0 Å². The largest absolute Gasteiger partial charge is 0.356 e. The summed E-state index contributed by atoms with van der Waals surface area (Å²) in [5.74, 6) is 0.350. The van der Waals surface area contributed by atoms with E-state index in [2.05, 4.69) is 5.32 Å². The lowest BCUT2D eigenvalue weighted by Gasteiger charge is -2.40. The third-order valence-electron chi connectivity index (χ3n) is 5.89. The molecule has 1 aromatic rings. The molecule has 4 rings (SSSR count). The molecule has 28 heavy (non-hydrogen) atoms. The van der Waals surface area contributed by atoms with Gasteiger partial charge in [0.05, 0.1) is 12.6 Å². The molecule has 1 saturated heterocycles. The van der Waals surface area contributed by atoms with E-state index in [-0.39, 0.29) is 18.7 Å². The Labute approximate surface area is 165 Å². The Balaban J connectivity index is 1.56. The molecule has 1 saturated carbocycles. The van der Waals surface area contributed by atoms with E-state index in [9.17, 15) is 9.59 Å². The highest BCUT2D eigenvalue weighted by Gasteiger charge is 2.52. The van der Waals surface area contributed by atoms with Crippen molar-refractivity contribution in [1.82, 2.24) is 10.2 Å². The van der Waals surface area contributed by atoms with Gasteiger partial charge >= 0.3 is 6.03 Å². The van der Waals surface area contributed by atoms with Gasteiger partial charge in [-0.05, 0) is 31.2 Å². The molecule has 0 unspecified atom stereocenters. The highest BCUT2D eigenvalue weighted by Crippen LogP contribution is 2.39. The van der Waals surface area contributed by atoms with Gasteiger partial charge in [-0.3, -0.25) is 20.0 Å². The van der Waals surface area contributed by atoms with Gasteiger partial charge in [0.25, 0.3) is 0 Å². The second kappa shape index (κ2) is 8.27. The number of hydrogen-bond donors (Lipinski definition) is 1. The predicted octanol–water partition coefficient (Wildman–Crippen LogP) is 3.78. The average Bonchev–Trinajstić information content (AvgIpc) is 3.21. The summed E-state index contributed by atoms with van der Waals surface area (Å²) in [6, 6.07) is 9.58. The molecule has 6 nitrogen and oxygen atoms in total. The zero-order valence-corrected chi connectivity index (χ0v) is 16.1. The molecular formula is C22H27N3O3. The van der Waals surface area contributed by atoms with Crippen LogP contribution in [0.1, 0.15) is 50.5 Å². The van der Waals surface area contributed by atoms with Crippen molar-refractivity contribution >= 4 is 17.8 Å². The molecule has 2 fully saturated rings. The number of hydrogen-bond acceptors (Lipinski definition) is 4. The minimum Gasteiger partial charge on any atom is -0.356 e. The van der Waals surface area contributed by atoms with Gasteiger partial charge in [0.2, 0.25) is 5.91 Å². The number of amidine groups is 1. The third-order valence-corrected chi connectivity index (χ3v) is 5.89. The molecule has 0 radical (unpaired) electrons. The Morgan fingerprint density at radius 2 is 1.79 bits per heavy atom. The molecule has 1 N–H and O–H groups in total. The van der Waals surface area contributed by atoms with Gasteiger partial charge in [0.15, 0.2) is 0 Å². The normalized spacial score (nSPS) is 23.6. The summed E-state index contributed by atoms with van der Waals surface area (Å²) >= 11 is 0. The lowest BCUT2D eigenvalue weighted by molar-refractivity contribution is -0.127. The lowest BCUT2D eigenvalue weighted by Crippen LogP contribution is -2.63. The van der Waals surface area contributed by atoms with E-state index in [1.54, 1.807) is 0 Å². The zero-order chi connectivity index (χ0) is 19.4. The molecule has 6 heteroatoms. The van der Waals surface area contributed by atoms with Crippen molar-refractivity contribution in [3.8, 4) is 0 Å². The number of benzene rings is 1. The third kappa shape index (κ3) is 3.74. The van der Waals surface area contributed by atoms with Gasteiger partial charge < -0.3 is 4.74 Å². The Hall–Kier alpha value is -2.47. The van der Waals surface area contributed by atoms with Gasteiger partial charge in [-0.1, -0.05) is 61.7 Å². The van der Waals surface area contributed by atoms with E-state index in [1.807, 2.05) is 42.5 Å². The maximum Gasteiger partial charge on any atom is 0.331 e. The lowest BCUT2D eigenvalue weighted by atomic mass is 9.80. The molecule has 0 bridgehead atoms. The van der Waals surface area contributed by atoms with Crippen LogP contribution in [0.25, 0.3) is 0 Å². The van der Waals surface area contributed by atoms with Crippen LogP contribution in [0.4, 0.5) is 4.79 Å². The van der Waals surface area contributed by atoms with Crippen molar-refractivity contribution in [2.24, 2.45) is 10.4 Å². The van der Waals surface area contributed by atoms with Crippen LogP contribution in [-0.4, -0.2) is 35.4 Å². The van der Waals surface area contributed by atoms with Crippen molar-refractivity contribution in [3.63, 3.8) is 0 Å². The van der Waals surface area contributed by atoms with E-state index in [4.69, 9.17) is 9.73 Å². The number of amides is 3. The molecule has 148 valence electrons. The molecule has 1 heterocycles. The number of aliphatic imine (C=N–C) groups is 1. The number of urea groups is 1. The Morgan fingerprint density at radius 1 is 1.07 bits per heavy atom. The second-order valence-corrected chi connectivity index (χ2v) is 7.86. The van der Waals surface area contributed by atoms with E-state index >= 15 is 0 Å². The van der Waals surface area contributed by atoms with Crippen molar-refractivity contribution in [3.05, 3.63) is 48.0 Å². The van der Waals surface area contributed by atoms with Gasteiger partial charge in [-0.15, -0.1) is 0 Å². The zero-order valence-electron chi connectivity index (χ0n) is 16.1. The van der Waals surface area contributed by atoms with E-state index < -0.39 is 11.4 Å². The van der Waals surface area contributed by atoms with Gasteiger partial charge in [0.1, 0.15) is 18.0 Å². The number of nitrogens with zero attached hydrogens (tertiary/aromatic N) is 2. The summed E-state index contributed by atoms with van der Waals surface area (Å²) < 4.78 is 5.84. The summed E-state index contributed by atoms with van der Waals surface area (Å²) in [5.41, 5.74) is 0.264. The Bertz CT molecular complexity index is 773. The fourth-order valence-corrected chi connectivity index (χ4v) is 4.29. The van der Waals surface area contributed by atoms with Crippen LogP contribution in [0.15, 0.2) is 47.5 Å². The molecule has 1 aliphatic heterocycles. The quantitative estimate of drug-likeness (QED) is 0.789. The molecule has 0 aromatic heterocycles. The average molecular weight is 381 g/mol. The first-order valence-corrected chi connectivity index (χ1v) is 10.2. The van der Waals surface area contributed by atoms with Crippen molar-refractivity contribution < 1.29 is 14.3 Å². The second-order valence-electron chi connectivity index (χ2n) is 7.86. The summed E-state index contributed by atoms with van der Waals surface area (Å²) in [4.78, 5) is 32.0. The molecule has 0 atom stereocenters. The maximum atomic E-state index is 12.8. The van der Waals surface area contributed by atoms with Crippen LogP contribution in [0, 0.1) is 5.41 Å². The van der Waals surface area contributed by atoms with E-state index in [0.717, 1.165) is 31.2 Å². The van der Waals surface area contributed by atoms with Gasteiger partial charge in [-0.25, -0.2) is 4.79 Å². The van der Waals surface area contributed by atoms with Crippen LogP contribution >= 0.6 is 0 Å². The van der Waals surface area contributed by atoms with Gasteiger partial charge in [0, 0.05) is 0 Å². The topological polar surface area (TPSA) is 71.0 Å². The predicted molar refractivity (Wildman–Crippen MR) is 107 cm³/mol. The van der Waals surface area contributed by atoms with E-state index in [0.29, 0.717) is 25.3 Å². The monoisotopic (exact) mass is 381 g/mol. The number of carbonyl (C=O) groups excluding carboxylic acids is 2. The Morgan fingerprint density at radius 3 is 2.50 bits per heavy atom. The number of ether oxygens (including phenoxy) is 1. The standard InChI is InChI=1S/C22H27N3O3/c26-20-22(13-7-8-14-22)19(23-18-11-5-2-6-12-18)25(21(27)24-20)16-28-15-17-9-3-1-4-10-17/h1,3-4,7-10,18H,2,5-6,11-16H2,(H,24,26,27). The van der Waals surface area contributed by atoms with Crippen LogP contribution in [0.2, 0.25) is 0 Å². The first kappa shape index (κ1) is 18.9. The van der Waals surface area contributed by atoms with Crippen LogP contribution in [0.3, 0.4) is 0 Å². The smallest absolute Gasteiger partial charge is 0.331 e. The number of nitrogens with one attached hydrogen (secondary N) is 1. The number of imide groups is 1. The molecule has 1 aromatic carbocycles. The molecular weight excluding hydrogens is 354 g/mol. The highest BCUT2D eigenvalue weighted by molar-refractivity contribution is 6.21. The highest BCUT2D eigenvalue weighted by atomic mass is 16.5. The summed E-state index contributed by atoms with van der Waals surface area (Å²) in [6.07, 6.45) is 10.7. The minimum atomic E-state index is -0.776.